The minimum Gasteiger partial charge on any atom is -0.477 e. The fraction of sp³-hybridized carbons (Fsp3) is 0. The van der Waals surface area contributed by atoms with Crippen LogP contribution in [0.15, 0.2) is 24.3 Å². The highest BCUT2D eigenvalue weighted by Gasteiger charge is 2.14. The van der Waals surface area contributed by atoms with Crippen LogP contribution in [0.1, 0.15) is 10.5 Å². The molecular formula is C9H7FN2O2. The lowest BCUT2D eigenvalue weighted by atomic mass is 10.2. The molecule has 1 aromatic carbocycles. The summed E-state index contributed by atoms with van der Waals surface area (Å²) >= 11 is 0. The molecule has 0 unspecified atom stereocenters. The number of fused-ring (bicyclic) bond motifs is 1. The van der Waals surface area contributed by atoms with Crippen LogP contribution in [0.5, 0.6) is 0 Å². The molecule has 0 spiro atoms. The fourth-order valence-electron chi connectivity index (χ4n) is 1.40. The molecule has 72 valence electrons. The molecule has 0 radical (unpaired) electrons. The van der Waals surface area contributed by atoms with Gasteiger partial charge in [0.25, 0.3) is 0 Å². The van der Waals surface area contributed by atoms with E-state index >= 15 is 0 Å². The smallest absolute Gasteiger partial charge is 0.354 e. The first-order valence-corrected chi connectivity index (χ1v) is 3.89. The first-order chi connectivity index (χ1) is 6.61. The molecule has 0 fully saturated rings. The number of benzene rings is 1. The van der Waals surface area contributed by atoms with Crippen LogP contribution in [0.25, 0.3) is 10.9 Å². The van der Waals surface area contributed by atoms with E-state index < -0.39 is 11.8 Å². The van der Waals surface area contributed by atoms with Crippen molar-refractivity contribution >= 4 is 16.9 Å². The number of nitrogens with two attached hydrogens (primary N) is 1. The standard InChI is InChI=1S/C9H7FN2O2/c10-6-3-1-2-5-4-7(9(13)14)12(11)8(5)6/h1-4H,11H2,(H,13,14). The predicted molar refractivity (Wildman–Crippen MR) is 49.0 cm³/mol. The normalized spacial score (nSPS) is 10.6. The summed E-state index contributed by atoms with van der Waals surface area (Å²) in [6.07, 6.45) is 0. The molecule has 2 aromatic rings. The topological polar surface area (TPSA) is 68.2 Å². The summed E-state index contributed by atoms with van der Waals surface area (Å²) in [5.74, 6) is 3.73. The zero-order valence-electron chi connectivity index (χ0n) is 7.07. The Morgan fingerprint density at radius 2 is 2.21 bits per heavy atom. The van der Waals surface area contributed by atoms with Gasteiger partial charge in [-0.1, -0.05) is 12.1 Å². The molecule has 0 aliphatic heterocycles. The van der Waals surface area contributed by atoms with Crippen LogP contribution in [-0.2, 0) is 0 Å². The van der Waals surface area contributed by atoms with Gasteiger partial charge in [-0.3, -0.25) is 4.68 Å². The van der Waals surface area contributed by atoms with Gasteiger partial charge in [-0.05, 0) is 12.1 Å². The Morgan fingerprint density at radius 1 is 1.50 bits per heavy atom. The van der Waals surface area contributed by atoms with Crippen molar-refractivity contribution in [1.82, 2.24) is 4.68 Å². The zero-order valence-corrected chi connectivity index (χ0v) is 7.07. The second-order valence-electron chi connectivity index (χ2n) is 2.88. The van der Waals surface area contributed by atoms with E-state index in [1.807, 2.05) is 0 Å². The number of carboxylic acid groups (broad SMARTS) is 1. The van der Waals surface area contributed by atoms with Crippen LogP contribution < -0.4 is 5.84 Å². The van der Waals surface area contributed by atoms with Gasteiger partial charge < -0.3 is 10.9 Å². The number of hydrogen-bond acceptors (Lipinski definition) is 2. The van der Waals surface area contributed by atoms with Gasteiger partial charge in [-0.2, -0.15) is 0 Å². The molecule has 0 aliphatic carbocycles. The van der Waals surface area contributed by atoms with E-state index in [9.17, 15) is 9.18 Å². The van der Waals surface area contributed by atoms with E-state index in [1.54, 1.807) is 6.07 Å². The molecule has 4 nitrogen and oxygen atoms in total. The van der Waals surface area contributed by atoms with E-state index in [4.69, 9.17) is 10.9 Å². The highest BCUT2D eigenvalue weighted by atomic mass is 19.1. The lowest BCUT2D eigenvalue weighted by molar-refractivity contribution is 0.0688. The van der Waals surface area contributed by atoms with Crippen LogP contribution in [0.2, 0.25) is 0 Å². The average Bonchev–Trinajstić information content (AvgIpc) is 2.45. The fourth-order valence-corrected chi connectivity index (χ4v) is 1.40. The maximum Gasteiger partial charge on any atom is 0.354 e. The molecule has 0 aliphatic rings. The van der Waals surface area contributed by atoms with E-state index in [0.717, 1.165) is 4.68 Å². The van der Waals surface area contributed by atoms with Gasteiger partial charge in [0, 0.05) is 5.39 Å². The van der Waals surface area contributed by atoms with E-state index in [0.29, 0.717) is 5.39 Å². The Kier molecular flexibility index (Phi) is 1.67. The Morgan fingerprint density at radius 3 is 2.79 bits per heavy atom. The maximum atomic E-state index is 13.2. The SMILES string of the molecule is Nn1c(C(=O)O)cc2cccc(F)c21. The number of carboxylic acids is 1. The number of nitrogens with zero attached hydrogens (tertiary/aromatic N) is 1. The average molecular weight is 194 g/mol. The molecular weight excluding hydrogens is 187 g/mol. The Balaban J connectivity index is 2.87. The van der Waals surface area contributed by atoms with Crippen molar-refractivity contribution in [2.75, 3.05) is 5.84 Å². The number of nitrogen functional groups attached to an aromatic ring is 1. The third kappa shape index (κ3) is 1.02. The highest BCUT2D eigenvalue weighted by molar-refractivity contribution is 5.94. The van der Waals surface area contributed by atoms with Gasteiger partial charge in [0.1, 0.15) is 17.0 Å². The predicted octanol–water partition coefficient (Wildman–Crippen LogP) is 1.19. The van der Waals surface area contributed by atoms with Crippen LogP contribution in [0, 0.1) is 5.82 Å². The first kappa shape index (κ1) is 8.55. The number of halogens is 1. The van der Waals surface area contributed by atoms with Crippen molar-refractivity contribution in [2.24, 2.45) is 0 Å². The highest BCUT2D eigenvalue weighted by Crippen LogP contribution is 2.20. The molecule has 0 bridgehead atoms. The molecule has 14 heavy (non-hydrogen) atoms. The number of aromatic nitrogens is 1. The van der Waals surface area contributed by atoms with E-state index in [2.05, 4.69) is 0 Å². The van der Waals surface area contributed by atoms with Gasteiger partial charge in [0.15, 0.2) is 0 Å². The van der Waals surface area contributed by atoms with Gasteiger partial charge in [-0.25, -0.2) is 9.18 Å². The Labute approximate surface area is 78.3 Å². The Bertz CT molecular complexity index is 519. The monoisotopic (exact) mass is 194 g/mol. The summed E-state index contributed by atoms with van der Waals surface area (Å²) in [4.78, 5) is 10.7. The Hall–Kier alpha value is -2.04. The summed E-state index contributed by atoms with van der Waals surface area (Å²) in [6.45, 7) is 0. The van der Waals surface area contributed by atoms with E-state index in [-0.39, 0.29) is 11.2 Å². The summed E-state index contributed by atoms with van der Waals surface area (Å²) in [6, 6.07) is 5.68. The van der Waals surface area contributed by atoms with Crippen molar-refractivity contribution in [3.8, 4) is 0 Å². The largest absolute Gasteiger partial charge is 0.477 e. The number of carbonyl (C=O) groups is 1. The summed E-state index contributed by atoms with van der Waals surface area (Å²) in [7, 11) is 0. The number of para-hydroxylation sites is 1. The van der Waals surface area contributed by atoms with Crippen LogP contribution >= 0.6 is 0 Å². The number of rotatable bonds is 1. The summed E-state index contributed by atoms with van der Waals surface area (Å²) in [5.41, 5.74) is -0.0324. The maximum absolute atomic E-state index is 13.2. The van der Waals surface area contributed by atoms with E-state index in [1.165, 1.54) is 18.2 Å². The quantitative estimate of drug-likeness (QED) is 0.670. The second kappa shape index (κ2) is 2.73. The van der Waals surface area contributed by atoms with Gasteiger partial charge in [-0.15, -0.1) is 0 Å². The molecule has 1 aromatic heterocycles. The third-order valence-electron chi connectivity index (χ3n) is 2.03. The van der Waals surface area contributed by atoms with Crippen molar-refractivity contribution in [3.63, 3.8) is 0 Å². The molecule has 0 atom stereocenters. The third-order valence-corrected chi connectivity index (χ3v) is 2.03. The van der Waals surface area contributed by atoms with Crippen LogP contribution in [0.4, 0.5) is 4.39 Å². The summed E-state index contributed by atoms with van der Waals surface area (Å²) in [5, 5.41) is 9.21. The molecule has 0 amide bonds. The minimum absolute atomic E-state index is 0.102. The van der Waals surface area contributed by atoms with Gasteiger partial charge in [0.2, 0.25) is 0 Å². The first-order valence-electron chi connectivity index (χ1n) is 3.89. The molecule has 5 heteroatoms. The lowest BCUT2D eigenvalue weighted by Gasteiger charge is -1.99. The zero-order chi connectivity index (χ0) is 10.3. The molecule has 1 heterocycles. The molecule has 3 N–H and O–H groups in total. The van der Waals surface area contributed by atoms with Crippen molar-refractivity contribution in [1.29, 1.82) is 0 Å². The van der Waals surface area contributed by atoms with Gasteiger partial charge in [0.05, 0.1) is 0 Å². The summed E-state index contributed by atoms with van der Waals surface area (Å²) < 4.78 is 14.1. The molecule has 0 saturated heterocycles. The molecule has 0 saturated carbocycles. The second-order valence-corrected chi connectivity index (χ2v) is 2.88. The number of aromatic carboxylic acids is 1. The molecule has 2 rings (SSSR count). The van der Waals surface area contributed by atoms with Crippen LogP contribution in [0.3, 0.4) is 0 Å². The lowest BCUT2D eigenvalue weighted by Crippen LogP contribution is -2.16. The van der Waals surface area contributed by atoms with Gasteiger partial charge >= 0.3 is 5.97 Å². The van der Waals surface area contributed by atoms with Crippen LogP contribution in [-0.4, -0.2) is 15.8 Å². The van der Waals surface area contributed by atoms with Crippen molar-refractivity contribution < 1.29 is 14.3 Å². The van der Waals surface area contributed by atoms with Crippen molar-refractivity contribution in [2.45, 2.75) is 0 Å². The minimum atomic E-state index is -1.18. The van der Waals surface area contributed by atoms with Crippen molar-refractivity contribution in [3.05, 3.63) is 35.8 Å². The number of hydrogen-bond donors (Lipinski definition) is 2.